The van der Waals surface area contributed by atoms with E-state index in [0.29, 0.717) is 14.5 Å². The quantitative estimate of drug-likeness (QED) is 0.741. The lowest BCUT2D eigenvalue weighted by molar-refractivity contribution is 0.102. The van der Waals surface area contributed by atoms with E-state index in [2.05, 4.69) is 21.2 Å². The van der Waals surface area contributed by atoms with Gasteiger partial charge in [-0.25, -0.2) is 4.39 Å². The number of hydrogen-bond donors (Lipinski definition) is 1. The van der Waals surface area contributed by atoms with Crippen LogP contribution < -0.4 is 5.32 Å². The van der Waals surface area contributed by atoms with Gasteiger partial charge in [0.25, 0.3) is 5.91 Å². The highest BCUT2D eigenvalue weighted by atomic mass is 79.9. The Hall–Kier alpha value is -1.10. The Morgan fingerprint density at radius 3 is 2.60 bits per heavy atom. The van der Waals surface area contributed by atoms with Gasteiger partial charge in [-0.3, -0.25) is 4.79 Å². The van der Waals surface area contributed by atoms with Crippen molar-refractivity contribution in [1.29, 1.82) is 0 Å². The third kappa shape index (κ3) is 2.97. The van der Waals surface area contributed by atoms with Crippen molar-refractivity contribution in [2.75, 3.05) is 5.32 Å². The molecule has 1 N–H and O–H groups in total. The zero-order valence-corrected chi connectivity index (χ0v) is 13.4. The highest BCUT2D eigenvalue weighted by Gasteiger charge is 2.18. The standard InChI is InChI=1S/C14H9BrCl2FNO/c1-7-5-6-9(16)13(12(7)17)19-14(20)11-8(15)3-2-4-10(11)18/h2-6H,1H3,(H,19,20). The first-order valence-corrected chi connectivity index (χ1v) is 7.16. The van der Waals surface area contributed by atoms with Crippen LogP contribution in [0.25, 0.3) is 0 Å². The van der Waals surface area contributed by atoms with E-state index in [1.165, 1.54) is 12.1 Å². The van der Waals surface area contributed by atoms with Crippen molar-refractivity contribution in [3.8, 4) is 0 Å². The second-order valence-corrected chi connectivity index (χ2v) is 5.74. The van der Waals surface area contributed by atoms with Gasteiger partial charge in [0.2, 0.25) is 0 Å². The van der Waals surface area contributed by atoms with E-state index in [9.17, 15) is 9.18 Å². The molecule has 0 spiro atoms. The first kappa shape index (κ1) is 15.3. The van der Waals surface area contributed by atoms with E-state index in [-0.39, 0.29) is 11.3 Å². The summed E-state index contributed by atoms with van der Waals surface area (Å²) < 4.78 is 14.1. The van der Waals surface area contributed by atoms with Crippen LogP contribution in [-0.4, -0.2) is 5.91 Å². The maximum Gasteiger partial charge on any atom is 0.259 e. The van der Waals surface area contributed by atoms with E-state index >= 15 is 0 Å². The molecular formula is C14H9BrCl2FNO. The van der Waals surface area contributed by atoms with Crippen LogP contribution in [0.1, 0.15) is 15.9 Å². The Labute approximate surface area is 134 Å². The van der Waals surface area contributed by atoms with Crippen LogP contribution in [0, 0.1) is 12.7 Å². The number of amides is 1. The maximum atomic E-state index is 13.7. The minimum Gasteiger partial charge on any atom is -0.319 e. The fraction of sp³-hybridized carbons (Fsp3) is 0.0714. The van der Waals surface area contributed by atoms with Gasteiger partial charge in [-0.05, 0) is 46.6 Å². The summed E-state index contributed by atoms with van der Waals surface area (Å²) in [6.45, 7) is 1.79. The molecule has 0 saturated heterocycles. The zero-order valence-electron chi connectivity index (χ0n) is 10.3. The van der Waals surface area contributed by atoms with Gasteiger partial charge in [0.1, 0.15) is 5.82 Å². The predicted octanol–water partition coefficient (Wildman–Crippen LogP) is 5.46. The van der Waals surface area contributed by atoms with E-state index in [1.807, 2.05) is 0 Å². The van der Waals surface area contributed by atoms with Crippen LogP contribution in [0.15, 0.2) is 34.8 Å². The first-order valence-electron chi connectivity index (χ1n) is 5.61. The third-order valence-corrected chi connectivity index (χ3v) is 4.18. The minimum atomic E-state index is -0.628. The highest BCUT2D eigenvalue weighted by Crippen LogP contribution is 2.33. The van der Waals surface area contributed by atoms with Crippen LogP contribution in [0.2, 0.25) is 10.0 Å². The molecule has 2 aromatic rings. The monoisotopic (exact) mass is 375 g/mol. The molecule has 2 aromatic carbocycles. The maximum absolute atomic E-state index is 13.7. The Morgan fingerprint density at radius 2 is 1.95 bits per heavy atom. The highest BCUT2D eigenvalue weighted by molar-refractivity contribution is 9.10. The van der Waals surface area contributed by atoms with Gasteiger partial charge in [-0.15, -0.1) is 0 Å². The number of benzene rings is 2. The number of carbonyl (C=O) groups is 1. The van der Waals surface area contributed by atoms with E-state index in [1.54, 1.807) is 25.1 Å². The number of carbonyl (C=O) groups excluding carboxylic acids is 1. The van der Waals surface area contributed by atoms with Crippen molar-refractivity contribution >= 4 is 50.7 Å². The Bertz CT molecular complexity index is 671. The molecule has 2 rings (SSSR count). The molecule has 1 amide bonds. The van der Waals surface area contributed by atoms with Gasteiger partial charge in [0, 0.05) is 4.47 Å². The number of aryl methyl sites for hydroxylation is 1. The van der Waals surface area contributed by atoms with Crippen LogP contribution >= 0.6 is 39.1 Å². The van der Waals surface area contributed by atoms with Gasteiger partial charge in [0.05, 0.1) is 21.3 Å². The van der Waals surface area contributed by atoms with Crippen molar-refractivity contribution in [1.82, 2.24) is 0 Å². The molecule has 0 saturated carbocycles. The topological polar surface area (TPSA) is 29.1 Å². The number of rotatable bonds is 2. The summed E-state index contributed by atoms with van der Waals surface area (Å²) in [4.78, 5) is 12.2. The summed E-state index contributed by atoms with van der Waals surface area (Å²) >= 11 is 15.3. The largest absolute Gasteiger partial charge is 0.319 e. The molecule has 0 aliphatic heterocycles. The van der Waals surface area contributed by atoms with Gasteiger partial charge in [-0.2, -0.15) is 0 Å². The average molecular weight is 377 g/mol. The molecule has 0 aromatic heterocycles. The van der Waals surface area contributed by atoms with Gasteiger partial charge in [0.15, 0.2) is 0 Å². The molecule has 0 atom stereocenters. The minimum absolute atomic E-state index is 0.0962. The van der Waals surface area contributed by atoms with Crippen molar-refractivity contribution < 1.29 is 9.18 Å². The summed E-state index contributed by atoms with van der Waals surface area (Å²) in [5.41, 5.74) is 0.939. The fourth-order valence-electron chi connectivity index (χ4n) is 1.66. The SMILES string of the molecule is Cc1ccc(Cl)c(NC(=O)c2c(F)cccc2Br)c1Cl. The van der Waals surface area contributed by atoms with Crippen LogP contribution in [0.4, 0.5) is 10.1 Å². The number of anilines is 1. The second kappa shape index (κ2) is 6.12. The second-order valence-electron chi connectivity index (χ2n) is 4.10. The van der Waals surface area contributed by atoms with E-state index in [4.69, 9.17) is 23.2 Å². The lowest BCUT2D eigenvalue weighted by Gasteiger charge is -2.12. The molecule has 6 heteroatoms. The number of hydrogen-bond acceptors (Lipinski definition) is 1. The molecule has 0 heterocycles. The normalized spacial score (nSPS) is 10.4. The average Bonchev–Trinajstić information content (AvgIpc) is 2.39. The molecule has 0 fully saturated rings. The van der Waals surface area contributed by atoms with Crippen LogP contribution in [0.5, 0.6) is 0 Å². The summed E-state index contributed by atoms with van der Waals surface area (Å²) in [6.07, 6.45) is 0. The molecule has 0 aliphatic carbocycles. The summed E-state index contributed by atoms with van der Waals surface area (Å²) in [6, 6.07) is 7.65. The molecular weight excluding hydrogens is 368 g/mol. The van der Waals surface area contributed by atoms with E-state index in [0.717, 1.165) is 5.56 Å². The molecule has 0 bridgehead atoms. The van der Waals surface area contributed by atoms with Crippen LogP contribution in [-0.2, 0) is 0 Å². The molecule has 2 nitrogen and oxygen atoms in total. The molecule has 104 valence electrons. The Balaban J connectivity index is 2.41. The smallest absolute Gasteiger partial charge is 0.259 e. The van der Waals surface area contributed by atoms with Crippen molar-refractivity contribution in [2.45, 2.75) is 6.92 Å². The lowest BCUT2D eigenvalue weighted by Crippen LogP contribution is -2.15. The van der Waals surface area contributed by atoms with Gasteiger partial charge in [-0.1, -0.05) is 35.3 Å². The van der Waals surface area contributed by atoms with Crippen molar-refractivity contribution in [3.05, 3.63) is 61.8 Å². The van der Waals surface area contributed by atoms with Crippen LogP contribution in [0.3, 0.4) is 0 Å². The van der Waals surface area contributed by atoms with Gasteiger partial charge < -0.3 is 5.32 Å². The molecule has 20 heavy (non-hydrogen) atoms. The summed E-state index contributed by atoms with van der Waals surface area (Å²) in [5.74, 6) is -1.25. The Kier molecular flexibility index (Phi) is 4.68. The molecule has 0 radical (unpaired) electrons. The first-order chi connectivity index (χ1) is 9.41. The third-order valence-electron chi connectivity index (χ3n) is 2.71. The molecule has 0 aliphatic rings. The summed E-state index contributed by atoms with van der Waals surface area (Å²) in [5, 5.41) is 3.17. The summed E-state index contributed by atoms with van der Waals surface area (Å²) in [7, 11) is 0. The number of nitrogens with one attached hydrogen (secondary N) is 1. The van der Waals surface area contributed by atoms with Crippen molar-refractivity contribution in [3.63, 3.8) is 0 Å². The van der Waals surface area contributed by atoms with Gasteiger partial charge >= 0.3 is 0 Å². The lowest BCUT2D eigenvalue weighted by atomic mass is 10.1. The van der Waals surface area contributed by atoms with E-state index < -0.39 is 11.7 Å². The van der Waals surface area contributed by atoms with Crippen molar-refractivity contribution in [2.24, 2.45) is 0 Å². The number of halogens is 4. The molecule has 0 unspecified atom stereocenters. The fourth-order valence-corrected chi connectivity index (χ4v) is 2.65. The zero-order chi connectivity index (χ0) is 14.9. The Morgan fingerprint density at radius 1 is 1.25 bits per heavy atom. The predicted molar refractivity (Wildman–Crippen MR) is 83.3 cm³/mol.